The number of nitrogens with zero attached hydrogens (tertiary/aromatic N) is 2. The molecule has 4 amide bonds. The third-order valence-electron chi connectivity index (χ3n) is 9.13. The van der Waals surface area contributed by atoms with Gasteiger partial charge in [0.1, 0.15) is 5.75 Å². The third kappa shape index (κ3) is 9.93. The molecule has 0 unspecified atom stereocenters. The Hall–Kier alpha value is -3.63. The van der Waals surface area contributed by atoms with Gasteiger partial charge in [-0.05, 0) is 76.3 Å². The first-order valence-corrected chi connectivity index (χ1v) is 16.9. The number of carbonyl (C=O) groups is 3. The molecule has 0 radical (unpaired) electrons. The molecule has 0 saturated heterocycles. The van der Waals surface area contributed by atoms with Crippen molar-refractivity contribution in [2.75, 3.05) is 44.0 Å². The summed E-state index contributed by atoms with van der Waals surface area (Å²) >= 11 is 0. The monoisotopic (exact) mass is 636 g/mol. The minimum Gasteiger partial charge on any atom is -0.490 e. The number of nitrogens with one attached hydrogen (secondary N) is 2. The zero-order valence-corrected chi connectivity index (χ0v) is 27.9. The second kappa shape index (κ2) is 17.3. The van der Waals surface area contributed by atoms with Crippen molar-refractivity contribution in [2.45, 2.75) is 90.4 Å². The molecule has 3 N–H and O–H groups in total. The van der Waals surface area contributed by atoms with Gasteiger partial charge in [0.25, 0.3) is 5.91 Å². The second-order valence-electron chi connectivity index (χ2n) is 13.0. The van der Waals surface area contributed by atoms with Crippen LogP contribution >= 0.6 is 0 Å². The van der Waals surface area contributed by atoms with Crippen LogP contribution in [0.15, 0.2) is 48.5 Å². The minimum atomic E-state index is -0.492. The number of hydrogen-bond donors (Lipinski definition) is 3. The van der Waals surface area contributed by atoms with Crippen LogP contribution in [0, 0.1) is 11.8 Å². The fourth-order valence-electron chi connectivity index (χ4n) is 6.30. The Balaban J connectivity index is 1.58. The van der Waals surface area contributed by atoms with Crippen molar-refractivity contribution in [3.8, 4) is 5.75 Å². The largest absolute Gasteiger partial charge is 0.490 e. The van der Waals surface area contributed by atoms with E-state index in [0.29, 0.717) is 42.4 Å². The van der Waals surface area contributed by atoms with Crippen LogP contribution in [0.2, 0.25) is 0 Å². The van der Waals surface area contributed by atoms with Crippen LogP contribution in [-0.4, -0.2) is 84.4 Å². The second-order valence-corrected chi connectivity index (χ2v) is 13.0. The lowest BCUT2D eigenvalue weighted by Crippen LogP contribution is -2.48. The SMILES string of the molecule is C[C@@H]1CN([C@@H](C)CO)C(=O)c2cc(NC(=O)Nc3ccccc3)ccc2O[C@@H](C)CCCCO[C@@H]1CN(C)C(=O)C1CCCCC1. The van der Waals surface area contributed by atoms with Gasteiger partial charge in [0.2, 0.25) is 5.91 Å². The van der Waals surface area contributed by atoms with Gasteiger partial charge in [0.05, 0.1) is 30.4 Å². The number of aliphatic hydroxyl groups is 1. The van der Waals surface area contributed by atoms with Crippen molar-refractivity contribution >= 4 is 29.2 Å². The molecule has 0 aromatic heterocycles. The summed E-state index contributed by atoms with van der Waals surface area (Å²) in [6, 6.07) is 13.3. The van der Waals surface area contributed by atoms with Crippen molar-refractivity contribution in [1.82, 2.24) is 9.80 Å². The first-order chi connectivity index (χ1) is 22.2. The molecule has 1 heterocycles. The summed E-state index contributed by atoms with van der Waals surface area (Å²) in [6.07, 6.45) is 7.30. The molecular formula is C36H52N4O6. The number of fused-ring (bicyclic) bond motifs is 1. The van der Waals surface area contributed by atoms with Crippen LogP contribution in [0.1, 0.15) is 82.5 Å². The Morgan fingerprint density at radius 2 is 1.67 bits per heavy atom. The number of aliphatic hydroxyl groups excluding tert-OH is 1. The van der Waals surface area contributed by atoms with Gasteiger partial charge in [0, 0.05) is 50.0 Å². The molecule has 252 valence electrons. The summed E-state index contributed by atoms with van der Waals surface area (Å²) in [6.45, 7) is 6.88. The first-order valence-electron chi connectivity index (χ1n) is 16.9. The molecule has 2 aromatic carbocycles. The minimum absolute atomic E-state index is 0.0654. The van der Waals surface area contributed by atoms with Crippen LogP contribution in [0.25, 0.3) is 0 Å². The van der Waals surface area contributed by atoms with Crippen LogP contribution < -0.4 is 15.4 Å². The van der Waals surface area contributed by atoms with Gasteiger partial charge in [0.15, 0.2) is 0 Å². The van der Waals surface area contributed by atoms with E-state index < -0.39 is 12.1 Å². The number of amides is 4. The fraction of sp³-hybridized carbons (Fsp3) is 0.583. The highest BCUT2D eigenvalue weighted by Crippen LogP contribution is 2.29. The van der Waals surface area contributed by atoms with E-state index in [1.54, 1.807) is 42.2 Å². The highest BCUT2D eigenvalue weighted by atomic mass is 16.5. The predicted molar refractivity (Wildman–Crippen MR) is 180 cm³/mol. The molecule has 4 atom stereocenters. The summed E-state index contributed by atoms with van der Waals surface area (Å²) in [5, 5.41) is 15.8. The molecule has 2 aliphatic rings. The molecule has 10 heteroatoms. The average Bonchev–Trinajstić information content (AvgIpc) is 3.06. The lowest BCUT2D eigenvalue weighted by atomic mass is 9.88. The maximum Gasteiger partial charge on any atom is 0.323 e. The van der Waals surface area contributed by atoms with Crippen molar-refractivity contribution in [2.24, 2.45) is 11.8 Å². The Bertz CT molecular complexity index is 1280. The fourth-order valence-corrected chi connectivity index (χ4v) is 6.30. The van der Waals surface area contributed by atoms with Crippen molar-refractivity contribution in [1.29, 1.82) is 0 Å². The Morgan fingerprint density at radius 1 is 0.978 bits per heavy atom. The lowest BCUT2D eigenvalue weighted by molar-refractivity contribution is -0.137. The zero-order valence-electron chi connectivity index (χ0n) is 27.9. The van der Waals surface area contributed by atoms with E-state index in [9.17, 15) is 19.5 Å². The standard InChI is InChI=1S/C36H52N4O6/c1-25-22-40(26(2)24-41)35(43)31-21-30(38-36(44)37-29-16-9-6-10-17-29)18-19-32(31)46-27(3)13-11-12-20-45-33(25)23-39(4)34(42)28-14-7-5-8-15-28/h6,9-10,16-19,21,25-28,33,41H,5,7-8,11-15,20,22-24H2,1-4H3,(H2,37,38,44)/t25-,26+,27+,33-/m1/s1. The van der Waals surface area contributed by atoms with Gasteiger partial charge in [-0.3, -0.25) is 9.59 Å². The molecule has 1 aliphatic heterocycles. The number of likely N-dealkylation sites (N-methyl/N-ethyl adjacent to an activating group) is 1. The Kier molecular flexibility index (Phi) is 13.3. The van der Waals surface area contributed by atoms with E-state index in [2.05, 4.69) is 10.6 Å². The van der Waals surface area contributed by atoms with Crippen molar-refractivity contribution in [3.05, 3.63) is 54.1 Å². The molecule has 1 saturated carbocycles. The summed E-state index contributed by atoms with van der Waals surface area (Å²) < 4.78 is 12.7. The molecule has 0 spiro atoms. The molecule has 4 rings (SSSR count). The topological polar surface area (TPSA) is 120 Å². The number of ether oxygens (including phenoxy) is 2. The Morgan fingerprint density at radius 3 is 2.39 bits per heavy atom. The van der Waals surface area contributed by atoms with E-state index in [4.69, 9.17) is 9.47 Å². The number of anilines is 2. The average molecular weight is 637 g/mol. The summed E-state index contributed by atoms with van der Waals surface area (Å²) in [4.78, 5) is 43.9. The summed E-state index contributed by atoms with van der Waals surface area (Å²) in [5.74, 6) is 0.212. The number of rotatable bonds is 7. The van der Waals surface area contributed by atoms with Gasteiger partial charge in [-0.15, -0.1) is 0 Å². The molecule has 46 heavy (non-hydrogen) atoms. The number of urea groups is 1. The molecule has 10 nitrogen and oxygen atoms in total. The Labute approximate surface area is 273 Å². The molecule has 1 aliphatic carbocycles. The summed E-state index contributed by atoms with van der Waals surface area (Å²) in [7, 11) is 1.86. The maximum atomic E-state index is 14.3. The van der Waals surface area contributed by atoms with Crippen LogP contribution in [0.5, 0.6) is 5.75 Å². The van der Waals surface area contributed by atoms with E-state index >= 15 is 0 Å². The predicted octanol–water partition coefficient (Wildman–Crippen LogP) is 6.16. The van der Waals surface area contributed by atoms with Crippen molar-refractivity contribution in [3.63, 3.8) is 0 Å². The van der Waals surface area contributed by atoms with Crippen LogP contribution in [0.4, 0.5) is 16.2 Å². The first kappa shape index (κ1) is 35.2. The van der Waals surface area contributed by atoms with Gasteiger partial charge in [-0.2, -0.15) is 0 Å². The molecule has 2 aromatic rings. The van der Waals surface area contributed by atoms with Crippen LogP contribution in [0.3, 0.4) is 0 Å². The molecule has 1 fully saturated rings. The highest BCUT2D eigenvalue weighted by Gasteiger charge is 2.32. The smallest absolute Gasteiger partial charge is 0.323 e. The van der Waals surface area contributed by atoms with E-state index in [0.717, 1.165) is 44.9 Å². The van der Waals surface area contributed by atoms with Gasteiger partial charge >= 0.3 is 6.03 Å². The van der Waals surface area contributed by atoms with E-state index in [1.165, 1.54) is 6.42 Å². The van der Waals surface area contributed by atoms with Gasteiger partial charge in [-0.1, -0.05) is 44.4 Å². The number of carbonyl (C=O) groups excluding carboxylic acids is 3. The number of para-hydroxylation sites is 1. The normalized spacial score (nSPS) is 22.5. The number of benzene rings is 2. The van der Waals surface area contributed by atoms with Crippen molar-refractivity contribution < 1.29 is 29.0 Å². The van der Waals surface area contributed by atoms with E-state index in [-0.39, 0.29) is 42.5 Å². The molecule has 0 bridgehead atoms. The quantitative estimate of drug-likeness (QED) is 0.335. The third-order valence-corrected chi connectivity index (χ3v) is 9.13. The summed E-state index contributed by atoms with van der Waals surface area (Å²) in [5.41, 5.74) is 1.38. The number of hydrogen-bond acceptors (Lipinski definition) is 6. The van der Waals surface area contributed by atoms with Gasteiger partial charge in [-0.25, -0.2) is 4.79 Å². The maximum absolute atomic E-state index is 14.3. The molecular weight excluding hydrogens is 584 g/mol. The van der Waals surface area contributed by atoms with E-state index in [1.807, 2.05) is 44.0 Å². The highest BCUT2D eigenvalue weighted by molar-refractivity contribution is 6.02. The van der Waals surface area contributed by atoms with Gasteiger partial charge < -0.3 is 35.0 Å². The van der Waals surface area contributed by atoms with Crippen LogP contribution in [-0.2, 0) is 9.53 Å². The zero-order chi connectivity index (χ0) is 33.1. The lowest BCUT2D eigenvalue weighted by Gasteiger charge is -2.36.